The first-order chi connectivity index (χ1) is 22.8. The Morgan fingerprint density at radius 1 is 0.478 bits per heavy atom. The molecule has 1 aliphatic rings. The third-order valence-electron chi connectivity index (χ3n) is 8.06. The number of aromatic nitrogens is 4. The van der Waals surface area contributed by atoms with Crippen molar-refractivity contribution >= 4 is 17.2 Å². The van der Waals surface area contributed by atoms with Crippen LogP contribution in [0.4, 0.5) is 17.2 Å². The number of hydrogen-bond acceptors (Lipinski definition) is 6. The van der Waals surface area contributed by atoms with E-state index in [1.54, 1.807) is 0 Å². The molecule has 5 aromatic carbocycles. The SMILES string of the molecule is c1ccc(-c2cnc(N3c4ccccc4Oc4ccccc43)c(CCc3nc(-c4ccccc4)nc(-c4ccccc4)n3)c2)cc1. The molecule has 220 valence electrons. The number of ether oxygens (including phenoxy) is 1. The summed E-state index contributed by atoms with van der Waals surface area (Å²) in [6, 6.07) is 49.0. The van der Waals surface area contributed by atoms with Gasteiger partial charge in [0.15, 0.2) is 23.1 Å². The Balaban J connectivity index is 1.24. The van der Waals surface area contributed by atoms with Crippen LogP contribution in [0.2, 0.25) is 0 Å². The molecule has 2 aromatic heterocycles. The van der Waals surface area contributed by atoms with Gasteiger partial charge in [-0.2, -0.15) is 0 Å². The van der Waals surface area contributed by atoms with E-state index in [0.29, 0.717) is 24.5 Å². The topological polar surface area (TPSA) is 64.0 Å². The van der Waals surface area contributed by atoms with Crippen molar-refractivity contribution in [3.05, 3.63) is 163 Å². The molecule has 46 heavy (non-hydrogen) atoms. The van der Waals surface area contributed by atoms with Gasteiger partial charge in [0.25, 0.3) is 0 Å². The first kappa shape index (κ1) is 27.4. The number of pyridine rings is 1. The van der Waals surface area contributed by atoms with Crippen LogP contribution in [0.5, 0.6) is 11.5 Å². The van der Waals surface area contributed by atoms with Crippen molar-refractivity contribution in [2.24, 2.45) is 0 Å². The van der Waals surface area contributed by atoms with Crippen molar-refractivity contribution in [3.63, 3.8) is 0 Å². The maximum Gasteiger partial charge on any atom is 0.163 e. The molecule has 0 bridgehead atoms. The molecule has 6 heteroatoms. The molecule has 0 unspecified atom stereocenters. The molecular weight excluding hydrogens is 566 g/mol. The first-order valence-electron chi connectivity index (χ1n) is 15.4. The summed E-state index contributed by atoms with van der Waals surface area (Å²) in [6.45, 7) is 0. The van der Waals surface area contributed by atoms with Crippen molar-refractivity contribution in [3.8, 4) is 45.4 Å². The molecule has 0 amide bonds. The molecular formula is C40H29N5O. The second kappa shape index (κ2) is 12.1. The fourth-order valence-corrected chi connectivity index (χ4v) is 5.82. The zero-order chi connectivity index (χ0) is 30.7. The molecule has 0 aliphatic carbocycles. The van der Waals surface area contributed by atoms with E-state index in [0.717, 1.165) is 62.3 Å². The van der Waals surface area contributed by atoms with E-state index >= 15 is 0 Å². The molecule has 0 fully saturated rings. The Hall–Kier alpha value is -6.14. The Morgan fingerprint density at radius 3 is 1.54 bits per heavy atom. The summed E-state index contributed by atoms with van der Waals surface area (Å²) < 4.78 is 6.31. The van der Waals surface area contributed by atoms with Crippen LogP contribution in [0, 0.1) is 0 Å². The minimum Gasteiger partial charge on any atom is -0.453 e. The monoisotopic (exact) mass is 595 g/mol. The van der Waals surface area contributed by atoms with Gasteiger partial charge in [-0.25, -0.2) is 19.9 Å². The summed E-state index contributed by atoms with van der Waals surface area (Å²) in [7, 11) is 0. The van der Waals surface area contributed by atoms with Crippen molar-refractivity contribution < 1.29 is 4.74 Å². The van der Waals surface area contributed by atoms with Crippen molar-refractivity contribution in [2.45, 2.75) is 12.8 Å². The molecule has 0 spiro atoms. The highest BCUT2D eigenvalue weighted by molar-refractivity contribution is 5.86. The summed E-state index contributed by atoms with van der Waals surface area (Å²) >= 11 is 0. The fraction of sp³-hybridized carbons (Fsp3) is 0.0500. The molecule has 0 saturated carbocycles. The van der Waals surface area contributed by atoms with Gasteiger partial charge >= 0.3 is 0 Å². The summed E-state index contributed by atoms with van der Waals surface area (Å²) in [4.78, 5) is 22.1. The van der Waals surface area contributed by atoms with Crippen molar-refractivity contribution in [1.82, 2.24) is 19.9 Å². The van der Waals surface area contributed by atoms with Crippen molar-refractivity contribution in [2.75, 3.05) is 4.90 Å². The van der Waals surface area contributed by atoms with Crippen LogP contribution in [-0.4, -0.2) is 19.9 Å². The zero-order valence-corrected chi connectivity index (χ0v) is 25.0. The number of nitrogens with zero attached hydrogens (tertiary/aromatic N) is 5. The predicted molar refractivity (Wildman–Crippen MR) is 183 cm³/mol. The molecule has 0 atom stereocenters. The van der Waals surface area contributed by atoms with E-state index < -0.39 is 0 Å². The molecule has 0 saturated heterocycles. The van der Waals surface area contributed by atoms with Gasteiger partial charge in [-0.3, -0.25) is 4.90 Å². The van der Waals surface area contributed by atoms with E-state index in [2.05, 4.69) is 47.4 Å². The van der Waals surface area contributed by atoms with E-state index in [1.807, 2.05) is 109 Å². The second-order valence-corrected chi connectivity index (χ2v) is 11.1. The average molecular weight is 596 g/mol. The lowest BCUT2D eigenvalue weighted by atomic mass is 10.0. The first-order valence-corrected chi connectivity index (χ1v) is 15.4. The number of fused-ring (bicyclic) bond motifs is 2. The van der Waals surface area contributed by atoms with E-state index in [1.165, 1.54) is 0 Å². The van der Waals surface area contributed by atoms with Gasteiger partial charge in [-0.1, -0.05) is 115 Å². The molecule has 7 aromatic rings. The van der Waals surface area contributed by atoms with Gasteiger partial charge in [0.2, 0.25) is 0 Å². The van der Waals surface area contributed by atoms with Gasteiger partial charge in [-0.05, 0) is 47.9 Å². The summed E-state index contributed by atoms with van der Waals surface area (Å²) in [5.74, 6) is 4.49. The Bertz CT molecular complexity index is 2030. The van der Waals surface area contributed by atoms with Crippen LogP contribution in [-0.2, 0) is 12.8 Å². The number of para-hydroxylation sites is 4. The quantitative estimate of drug-likeness (QED) is 0.183. The molecule has 3 heterocycles. The van der Waals surface area contributed by atoms with Crippen molar-refractivity contribution in [1.29, 1.82) is 0 Å². The van der Waals surface area contributed by atoms with Crippen LogP contribution >= 0.6 is 0 Å². The highest BCUT2D eigenvalue weighted by atomic mass is 16.5. The number of aryl methyl sites for hydroxylation is 2. The summed E-state index contributed by atoms with van der Waals surface area (Å²) in [5.41, 5.74) is 7.05. The van der Waals surface area contributed by atoms with E-state index in [4.69, 9.17) is 24.7 Å². The Kier molecular flexibility index (Phi) is 7.21. The number of hydrogen-bond donors (Lipinski definition) is 0. The molecule has 8 rings (SSSR count). The summed E-state index contributed by atoms with van der Waals surface area (Å²) in [5, 5.41) is 0. The molecule has 6 nitrogen and oxygen atoms in total. The summed E-state index contributed by atoms with van der Waals surface area (Å²) in [6.07, 6.45) is 3.22. The third kappa shape index (κ3) is 5.37. The number of benzene rings is 5. The van der Waals surface area contributed by atoms with Crippen LogP contribution in [0.15, 0.2) is 152 Å². The standard InChI is InChI=1S/C40H29N5O/c1-4-14-28(15-5-1)32-26-31(40(41-27-32)45-33-20-10-12-22-35(33)46-36-23-13-11-21-34(36)45)24-25-37-42-38(29-16-6-2-7-17-29)44-39(43-37)30-18-8-3-9-19-30/h1-23,26-27H,24-25H2. The van der Waals surface area contributed by atoms with E-state index in [-0.39, 0.29) is 0 Å². The number of rotatable bonds is 7. The number of anilines is 3. The van der Waals surface area contributed by atoms with Crippen LogP contribution in [0.1, 0.15) is 11.4 Å². The average Bonchev–Trinajstić information content (AvgIpc) is 3.14. The Morgan fingerprint density at radius 2 is 0.978 bits per heavy atom. The zero-order valence-electron chi connectivity index (χ0n) is 25.0. The minimum absolute atomic E-state index is 0.600. The highest BCUT2D eigenvalue weighted by Gasteiger charge is 2.28. The molecule has 1 aliphatic heterocycles. The van der Waals surface area contributed by atoms with Crippen LogP contribution < -0.4 is 9.64 Å². The molecule has 0 radical (unpaired) electrons. The van der Waals surface area contributed by atoms with Gasteiger partial charge in [-0.15, -0.1) is 0 Å². The fourth-order valence-electron chi connectivity index (χ4n) is 5.82. The highest BCUT2D eigenvalue weighted by Crippen LogP contribution is 2.50. The largest absolute Gasteiger partial charge is 0.453 e. The maximum atomic E-state index is 6.31. The normalized spacial score (nSPS) is 11.8. The third-order valence-corrected chi connectivity index (χ3v) is 8.06. The van der Waals surface area contributed by atoms with E-state index in [9.17, 15) is 0 Å². The van der Waals surface area contributed by atoms with Gasteiger partial charge in [0.05, 0.1) is 11.4 Å². The molecule has 0 N–H and O–H groups in total. The lowest BCUT2D eigenvalue weighted by molar-refractivity contribution is 0.476. The maximum absolute atomic E-state index is 6.31. The lowest BCUT2D eigenvalue weighted by Crippen LogP contribution is -2.19. The van der Waals surface area contributed by atoms with Gasteiger partial charge in [0, 0.05) is 29.3 Å². The Labute approximate surface area is 267 Å². The smallest absolute Gasteiger partial charge is 0.163 e. The van der Waals surface area contributed by atoms with Gasteiger partial charge < -0.3 is 4.74 Å². The van der Waals surface area contributed by atoms with Gasteiger partial charge in [0.1, 0.15) is 11.6 Å². The predicted octanol–water partition coefficient (Wildman–Crippen LogP) is 9.63. The van der Waals surface area contributed by atoms with Crippen LogP contribution in [0.3, 0.4) is 0 Å². The van der Waals surface area contributed by atoms with Crippen LogP contribution in [0.25, 0.3) is 33.9 Å². The second-order valence-electron chi connectivity index (χ2n) is 11.1. The minimum atomic E-state index is 0.600. The lowest BCUT2D eigenvalue weighted by Gasteiger charge is -2.33.